The molecule has 0 aromatic heterocycles. The molecule has 0 unspecified atom stereocenters. The monoisotopic (exact) mass is 839 g/mol. The molecule has 0 saturated heterocycles. The Kier molecular flexibility index (Phi) is 9.81. The maximum Gasteiger partial charge on any atom is 0.0714 e. The second-order valence-electron chi connectivity index (χ2n) is 17.1. The van der Waals surface area contributed by atoms with Crippen LogP contribution in [0.15, 0.2) is 273 Å². The Hall–Kier alpha value is -8.52. The molecule has 12 rings (SSSR count). The highest BCUT2D eigenvalue weighted by Gasteiger charge is 2.46. The maximum atomic E-state index is 2.47. The van der Waals surface area contributed by atoms with Gasteiger partial charge in [-0.2, -0.15) is 0 Å². The first-order valence-corrected chi connectivity index (χ1v) is 22.8. The van der Waals surface area contributed by atoms with Gasteiger partial charge in [-0.05, 0) is 114 Å². The van der Waals surface area contributed by atoms with E-state index < -0.39 is 5.41 Å². The lowest BCUT2D eigenvalue weighted by molar-refractivity contribution is 0.768. The van der Waals surface area contributed by atoms with Crippen molar-refractivity contribution < 1.29 is 0 Å². The predicted molar refractivity (Wildman–Crippen MR) is 278 cm³/mol. The Bertz CT molecular complexity index is 3460. The quantitative estimate of drug-likeness (QED) is 0.140. The standard InChI is InChI=1S/C65H45N/c1-5-21-46(22-6-1)54-31-15-16-34-60(54)64-56(48-23-7-2-8-24-48)35-20-36-57(64)49-39-41-52(42-40-49)66(63-38-19-26-47-25-13-14-32-55(47)63)53-43-44-59-58-33-17-18-37-61(58)65(62(59)45-53,50-27-9-3-10-28-50)51-29-11-4-12-30-51/h1-45H. The lowest BCUT2D eigenvalue weighted by atomic mass is 9.67. The summed E-state index contributed by atoms with van der Waals surface area (Å²) in [5.74, 6) is 0. The van der Waals surface area contributed by atoms with Crippen LogP contribution in [0.25, 0.3) is 66.4 Å². The van der Waals surface area contributed by atoms with Gasteiger partial charge in [-0.15, -0.1) is 0 Å². The average Bonchev–Trinajstić information content (AvgIpc) is 3.70. The molecule has 11 aromatic rings. The molecule has 0 N–H and O–H groups in total. The van der Waals surface area contributed by atoms with Crippen LogP contribution in [-0.2, 0) is 5.41 Å². The molecular formula is C65H45N. The van der Waals surface area contributed by atoms with Crippen LogP contribution in [0.3, 0.4) is 0 Å². The van der Waals surface area contributed by atoms with Crippen LogP contribution < -0.4 is 4.90 Å². The van der Waals surface area contributed by atoms with Crippen molar-refractivity contribution in [2.45, 2.75) is 5.41 Å². The van der Waals surface area contributed by atoms with E-state index in [9.17, 15) is 0 Å². The zero-order valence-electron chi connectivity index (χ0n) is 36.4. The topological polar surface area (TPSA) is 3.24 Å². The van der Waals surface area contributed by atoms with Gasteiger partial charge in [0.05, 0.1) is 11.1 Å². The highest BCUT2D eigenvalue weighted by atomic mass is 15.1. The molecule has 0 bridgehead atoms. The average molecular weight is 840 g/mol. The van der Waals surface area contributed by atoms with E-state index in [-0.39, 0.29) is 0 Å². The van der Waals surface area contributed by atoms with Crippen LogP contribution >= 0.6 is 0 Å². The fourth-order valence-corrected chi connectivity index (χ4v) is 10.7. The number of anilines is 3. The molecule has 0 aliphatic heterocycles. The summed E-state index contributed by atoms with van der Waals surface area (Å²) in [6, 6.07) is 100. The van der Waals surface area contributed by atoms with Crippen LogP contribution in [0.5, 0.6) is 0 Å². The van der Waals surface area contributed by atoms with E-state index in [1.54, 1.807) is 0 Å². The lowest BCUT2D eigenvalue weighted by Crippen LogP contribution is -2.28. The summed E-state index contributed by atoms with van der Waals surface area (Å²) in [6.07, 6.45) is 0. The SMILES string of the molecule is c1ccc(-c2ccccc2-c2c(-c3ccccc3)cccc2-c2ccc(N(c3ccc4c(c3)C(c3ccccc3)(c3ccccc3)c3ccccc3-4)c3cccc4ccccc34)cc2)cc1. The van der Waals surface area contributed by atoms with E-state index >= 15 is 0 Å². The summed E-state index contributed by atoms with van der Waals surface area (Å²) in [4.78, 5) is 2.46. The smallest absolute Gasteiger partial charge is 0.0714 e. The highest BCUT2D eigenvalue weighted by Crippen LogP contribution is 2.57. The fraction of sp³-hybridized carbons (Fsp3) is 0.0154. The summed E-state index contributed by atoms with van der Waals surface area (Å²) in [5, 5.41) is 2.40. The van der Waals surface area contributed by atoms with Crippen molar-refractivity contribution in [3.63, 3.8) is 0 Å². The third kappa shape index (κ3) is 6.47. The van der Waals surface area contributed by atoms with Crippen molar-refractivity contribution in [1.82, 2.24) is 0 Å². The van der Waals surface area contributed by atoms with Gasteiger partial charge < -0.3 is 4.90 Å². The zero-order valence-corrected chi connectivity index (χ0v) is 36.4. The molecule has 66 heavy (non-hydrogen) atoms. The van der Waals surface area contributed by atoms with E-state index in [4.69, 9.17) is 0 Å². The van der Waals surface area contributed by atoms with Gasteiger partial charge in [0, 0.05) is 16.8 Å². The normalized spacial score (nSPS) is 12.4. The molecule has 1 aliphatic carbocycles. The Balaban J connectivity index is 1.07. The molecule has 1 nitrogen and oxygen atoms in total. The Labute approximate surface area is 387 Å². The Morgan fingerprint density at radius 3 is 1.39 bits per heavy atom. The predicted octanol–water partition coefficient (Wildman–Crippen LogP) is 17.3. The highest BCUT2D eigenvalue weighted by molar-refractivity contribution is 6.02. The van der Waals surface area contributed by atoms with Crippen molar-refractivity contribution in [1.29, 1.82) is 0 Å². The molecule has 1 heteroatoms. The van der Waals surface area contributed by atoms with Gasteiger partial charge >= 0.3 is 0 Å². The van der Waals surface area contributed by atoms with E-state index in [0.717, 1.165) is 22.6 Å². The molecule has 0 saturated carbocycles. The van der Waals surface area contributed by atoms with E-state index in [0.29, 0.717) is 0 Å². The number of rotatable bonds is 9. The minimum Gasteiger partial charge on any atom is -0.310 e. The first-order chi connectivity index (χ1) is 32.8. The van der Waals surface area contributed by atoms with Crippen LogP contribution in [0, 0.1) is 0 Å². The molecule has 310 valence electrons. The number of fused-ring (bicyclic) bond motifs is 4. The third-order valence-corrected chi connectivity index (χ3v) is 13.6. The summed E-state index contributed by atoms with van der Waals surface area (Å²) in [6.45, 7) is 0. The molecule has 1 aliphatic rings. The van der Waals surface area contributed by atoms with E-state index in [2.05, 4.69) is 278 Å². The van der Waals surface area contributed by atoms with E-state index in [1.165, 1.54) is 83.1 Å². The number of benzene rings is 11. The fourth-order valence-electron chi connectivity index (χ4n) is 10.7. The summed E-state index contributed by atoms with van der Waals surface area (Å²) >= 11 is 0. The molecule has 0 spiro atoms. The van der Waals surface area contributed by atoms with Gasteiger partial charge in [-0.25, -0.2) is 0 Å². The maximum absolute atomic E-state index is 2.47. The summed E-state index contributed by atoms with van der Waals surface area (Å²) in [5.41, 5.74) is 20.0. The molecule has 0 atom stereocenters. The number of nitrogens with zero attached hydrogens (tertiary/aromatic N) is 1. The first-order valence-electron chi connectivity index (χ1n) is 22.8. The molecule has 0 radical (unpaired) electrons. The van der Waals surface area contributed by atoms with Gasteiger partial charge in [0.25, 0.3) is 0 Å². The minimum atomic E-state index is -0.519. The van der Waals surface area contributed by atoms with Crippen LogP contribution in [0.1, 0.15) is 22.3 Å². The van der Waals surface area contributed by atoms with Gasteiger partial charge in [-0.3, -0.25) is 0 Å². The molecule has 0 amide bonds. The van der Waals surface area contributed by atoms with Crippen LogP contribution in [-0.4, -0.2) is 0 Å². The van der Waals surface area contributed by atoms with Crippen molar-refractivity contribution >= 4 is 27.8 Å². The van der Waals surface area contributed by atoms with E-state index in [1.807, 2.05) is 0 Å². The lowest BCUT2D eigenvalue weighted by Gasteiger charge is -2.35. The van der Waals surface area contributed by atoms with Crippen LogP contribution in [0.4, 0.5) is 17.1 Å². The second kappa shape index (κ2) is 16.6. The first kappa shape index (κ1) is 39.1. The Morgan fingerprint density at radius 2 is 0.727 bits per heavy atom. The Morgan fingerprint density at radius 1 is 0.273 bits per heavy atom. The van der Waals surface area contributed by atoms with Gasteiger partial charge in [0.15, 0.2) is 0 Å². The second-order valence-corrected chi connectivity index (χ2v) is 17.1. The summed E-state index contributed by atoms with van der Waals surface area (Å²) in [7, 11) is 0. The molecular weight excluding hydrogens is 795 g/mol. The molecule has 0 fully saturated rings. The summed E-state index contributed by atoms with van der Waals surface area (Å²) < 4.78 is 0. The van der Waals surface area contributed by atoms with Gasteiger partial charge in [0.1, 0.15) is 0 Å². The molecule has 11 aromatic carbocycles. The van der Waals surface area contributed by atoms with Crippen LogP contribution in [0.2, 0.25) is 0 Å². The molecule has 0 heterocycles. The van der Waals surface area contributed by atoms with Crippen molar-refractivity contribution in [2.24, 2.45) is 0 Å². The van der Waals surface area contributed by atoms with Gasteiger partial charge in [-0.1, -0.05) is 243 Å². The van der Waals surface area contributed by atoms with Crippen molar-refractivity contribution in [3.05, 3.63) is 295 Å². The van der Waals surface area contributed by atoms with Gasteiger partial charge in [0.2, 0.25) is 0 Å². The number of hydrogen-bond acceptors (Lipinski definition) is 1. The zero-order chi connectivity index (χ0) is 43.9. The van der Waals surface area contributed by atoms with Crippen molar-refractivity contribution in [3.8, 4) is 55.6 Å². The van der Waals surface area contributed by atoms with Crippen molar-refractivity contribution in [2.75, 3.05) is 4.90 Å². The minimum absolute atomic E-state index is 0.519. The third-order valence-electron chi connectivity index (χ3n) is 13.6. The number of hydrogen-bond donors (Lipinski definition) is 0. The largest absolute Gasteiger partial charge is 0.310 e.